The lowest BCUT2D eigenvalue weighted by Crippen LogP contribution is -2.38. The summed E-state index contributed by atoms with van der Waals surface area (Å²) in [5.74, 6) is -0.252. The summed E-state index contributed by atoms with van der Waals surface area (Å²) in [5.41, 5.74) is -0.358. The van der Waals surface area contributed by atoms with Crippen LogP contribution in [-0.4, -0.2) is 30.7 Å². The van der Waals surface area contributed by atoms with E-state index in [1.165, 1.54) is 28.6 Å². The molecule has 0 spiro atoms. The highest BCUT2D eigenvalue weighted by Gasteiger charge is 2.28. The van der Waals surface area contributed by atoms with Gasteiger partial charge in [-0.05, 0) is 18.9 Å². The Morgan fingerprint density at radius 3 is 2.42 bits per heavy atom. The number of piperidine rings is 1. The van der Waals surface area contributed by atoms with E-state index in [1.807, 2.05) is 0 Å². The van der Waals surface area contributed by atoms with Crippen molar-refractivity contribution in [2.45, 2.75) is 19.3 Å². The molecule has 1 saturated heterocycles. The number of para-hydroxylation sites is 2. The molecule has 19 heavy (non-hydrogen) atoms. The van der Waals surface area contributed by atoms with E-state index in [0.29, 0.717) is 13.1 Å². The average Bonchev–Trinajstić information content (AvgIpc) is 2.39. The van der Waals surface area contributed by atoms with E-state index in [2.05, 4.69) is 0 Å². The maximum absolute atomic E-state index is 12.0. The number of nitrogens with zero attached hydrogens (tertiary/aromatic N) is 2. The van der Waals surface area contributed by atoms with Crippen LogP contribution in [0.15, 0.2) is 24.3 Å². The molecule has 0 amide bonds. The van der Waals surface area contributed by atoms with Crippen molar-refractivity contribution in [3.63, 3.8) is 0 Å². The van der Waals surface area contributed by atoms with Crippen LogP contribution in [0.4, 0.5) is 5.69 Å². The van der Waals surface area contributed by atoms with Crippen LogP contribution in [-0.2, 0) is 10.3 Å². The molecule has 0 unspecified atom stereocenters. The van der Waals surface area contributed by atoms with E-state index in [4.69, 9.17) is 4.18 Å². The first-order chi connectivity index (χ1) is 9.00. The predicted octanol–water partition coefficient (Wildman–Crippen LogP) is 1.70. The second-order valence-electron chi connectivity index (χ2n) is 4.23. The molecule has 0 atom stereocenters. The molecule has 1 aliphatic heterocycles. The third kappa shape index (κ3) is 3.21. The van der Waals surface area contributed by atoms with Gasteiger partial charge in [0.2, 0.25) is 5.75 Å². The Morgan fingerprint density at radius 1 is 1.16 bits per heavy atom. The summed E-state index contributed by atoms with van der Waals surface area (Å²) in [6, 6.07) is 5.44. The lowest BCUT2D eigenvalue weighted by molar-refractivity contribution is -0.385. The minimum Gasteiger partial charge on any atom is -0.363 e. The van der Waals surface area contributed by atoms with Crippen molar-refractivity contribution < 1.29 is 17.5 Å². The van der Waals surface area contributed by atoms with Crippen LogP contribution in [0.25, 0.3) is 0 Å². The molecule has 2 rings (SSSR count). The van der Waals surface area contributed by atoms with Crippen LogP contribution >= 0.6 is 0 Å². The second kappa shape index (κ2) is 5.54. The van der Waals surface area contributed by atoms with Gasteiger partial charge in [0.1, 0.15) is 0 Å². The quantitative estimate of drug-likeness (QED) is 0.620. The van der Waals surface area contributed by atoms with Gasteiger partial charge in [-0.3, -0.25) is 10.1 Å². The van der Waals surface area contributed by atoms with Crippen molar-refractivity contribution in [1.29, 1.82) is 0 Å². The Kier molecular flexibility index (Phi) is 4.01. The van der Waals surface area contributed by atoms with E-state index < -0.39 is 15.2 Å². The largest absolute Gasteiger partial charge is 0.385 e. The molecule has 104 valence electrons. The lowest BCUT2D eigenvalue weighted by atomic mass is 10.2. The highest BCUT2D eigenvalue weighted by molar-refractivity contribution is 7.84. The molecule has 1 heterocycles. The Balaban J connectivity index is 2.22. The Morgan fingerprint density at radius 2 is 1.79 bits per heavy atom. The average molecular weight is 286 g/mol. The summed E-state index contributed by atoms with van der Waals surface area (Å²) < 4.78 is 30.1. The highest BCUT2D eigenvalue weighted by Crippen LogP contribution is 2.28. The molecule has 1 aliphatic rings. The first kappa shape index (κ1) is 13.8. The summed E-state index contributed by atoms with van der Waals surface area (Å²) in [6.07, 6.45) is 2.54. The molecule has 1 aromatic rings. The molecule has 0 aromatic heterocycles. The van der Waals surface area contributed by atoms with Crippen LogP contribution in [0.1, 0.15) is 19.3 Å². The molecule has 0 N–H and O–H groups in total. The van der Waals surface area contributed by atoms with Crippen molar-refractivity contribution in [2.24, 2.45) is 0 Å². The van der Waals surface area contributed by atoms with E-state index in [0.717, 1.165) is 19.3 Å². The summed E-state index contributed by atoms with van der Waals surface area (Å²) in [7, 11) is -3.96. The molecule has 0 radical (unpaired) electrons. The molecule has 0 aliphatic carbocycles. The lowest BCUT2D eigenvalue weighted by Gasteiger charge is -2.24. The van der Waals surface area contributed by atoms with Crippen molar-refractivity contribution in [3.8, 4) is 5.75 Å². The van der Waals surface area contributed by atoms with Crippen LogP contribution in [0, 0.1) is 10.1 Å². The monoisotopic (exact) mass is 286 g/mol. The topological polar surface area (TPSA) is 89.7 Å². The molecule has 1 fully saturated rings. The first-order valence-corrected chi connectivity index (χ1v) is 7.30. The van der Waals surface area contributed by atoms with Gasteiger partial charge >= 0.3 is 16.0 Å². The number of nitro benzene ring substituents is 1. The van der Waals surface area contributed by atoms with Crippen LogP contribution in [0.3, 0.4) is 0 Å². The Labute approximate surface area is 111 Å². The van der Waals surface area contributed by atoms with Crippen LogP contribution in [0.2, 0.25) is 0 Å². The fourth-order valence-corrected chi connectivity index (χ4v) is 3.11. The molecular formula is C11H14N2O5S. The highest BCUT2D eigenvalue weighted by atomic mass is 32.2. The third-order valence-corrected chi connectivity index (χ3v) is 4.28. The van der Waals surface area contributed by atoms with Gasteiger partial charge in [0.25, 0.3) is 0 Å². The maximum Gasteiger partial charge on any atom is 0.385 e. The van der Waals surface area contributed by atoms with E-state index >= 15 is 0 Å². The first-order valence-electron chi connectivity index (χ1n) is 5.94. The van der Waals surface area contributed by atoms with Crippen LogP contribution < -0.4 is 4.18 Å². The zero-order valence-electron chi connectivity index (χ0n) is 10.2. The minimum atomic E-state index is -3.96. The van der Waals surface area contributed by atoms with Gasteiger partial charge in [-0.1, -0.05) is 18.6 Å². The fraction of sp³-hybridized carbons (Fsp3) is 0.455. The Hall–Kier alpha value is -1.67. The zero-order valence-corrected chi connectivity index (χ0v) is 11.0. The van der Waals surface area contributed by atoms with Gasteiger partial charge in [-0.25, -0.2) is 0 Å². The number of benzene rings is 1. The van der Waals surface area contributed by atoms with Gasteiger partial charge < -0.3 is 4.18 Å². The number of nitro groups is 1. The Bertz CT molecular complexity index is 566. The van der Waals surface area contributed by atoms with Gasteiger partial charge in [-0.15, -0.1) is 0 Å². The SMILES string of the molecule is O=[N+]([O-])c1ccccc1OS(=O)(=O)N1CCCCC1. The van der Waals surface area contributed by atoms with Crippen molar-refractivity contribution in [2.75, 3.05) is 13.1 Å². The fourth-order valence-electron chi connectivity index (χ4n) is 1.93. The van der Waals surface area contributed by atoms with E-state index in [1.54, 1.807) is 0 Å². The van der Waals surface area contributed by atoms with Crippen molar-refractivity contribution >= 4 is 16.0 Å². The summed E-state index contributed by atoms with van der Waals surface area (Å²) in [4.78, 5) is 10.1. The van der Waals surface area contributed by atoms with Gasteiger partial charge in [-0.2, -0.15) is 12.7 Å². The summed E-state index contributed by atoms with van der Waals surface area (Å²) in [5, 5.41) is 10.8. The van der Waals surface area contributed by atoms with Crippen molar-refractivity contribution in [3.05, 3.63) is 34.4 Å². The van der Waals surface area contributed by atoms with E-state index in [9.17, 15) is 18.5 Å². The van der Waals surface area contributed by atoms with Crippen LogP contribution in [0.5, 0.6) is 5.75 Å². The van der Waals surface area contributed by atoms with Gasteiger partial charge in [0.05, 0.1) is 4.92 Å². The second-order valence-corrected chi connectivity index (χ2v) is 5.76. The molecule has 1 aromatic carbocycles. The molecule has 0 bridgehead atoms. The van der Waals surface area contributed by atoms with Crippen molar-refractivity contribution in [1.82, 2.24) is 4.31 Å². The molecule has 7 nitrogen and oxygen atoms in total. The van der Waals surface area contributed by atoms with Gasteiger partial charge in [0.15, 0.2) is 0 Å². The normalized spacial score (nSPS) is 17.1. The third-order valence-electron chi connectivity index (χ3n) is 2.89. The predicted molar refractivity (Wildman–Crippen MR) is 68.1 cm³/mol. The van der Waals surface area contributed by atoms with E-state index in [-0.39, 0.29) is 11.4 Å². The smallest absolute Gasteiger partial charge is 0.363 e. The minimum absolute atomic E-state index is 0.252. The number of hydrogen-bond donors (Lipinski definition) is 0. The molecule has 8 heteroatoms. The number of hydrogen-bond acceptors (Lipinski definition) is 5. The standard InChI is InChI=1S/C11H14N2O5S/c14-13(15)10-6-2-3-7-11(10)18-19(16,17)12-8-4-1-5-9-12/h2-3,6-7H,1,4-5,8-9H2. The summed E-state index contributed by atoms with van der Waals surface area (Å²) >= 11 is 0. The number of rotatable bonds is 4. The van der Waals surface area contributed by atoms with Gasteiger partial charge in [0, 0.05) is 19.2 Å². The zero-order chi connectivity index (χ0) is 13.9. The summed E-state index contributed by atoms with van der Waals surface area (Å²) in [6.45, 7) is 0.784. The maximum atomic E-state index is 12.0. The molecular weight excluding hydrogens is 272 g/mol. The molecule has 0 saturated carbocycles.